The van der Waals surface area contributed by atoms with Gasteiger partial charge in [-0.3, -0.25) is 4.98 Å². The number of fused-ring (bicyclic) bond motifs is 1. The minimum atomic E-state index is 0.384. The summed E-state index contributed by atoms with van der Waals surface area (Å²) in [6, 6.07) is 9.88. The van der Waals surface area contributed by atoms with E-state index in [1.54, 1.807) is 0 Å². The molecule has 6 nitrogen and oxygen atoms in total. The molecule has 0 saturated heterocycles. The van der Waals surface area contributed by atoms with E-state index >= 15 is 0 Å². The van der Waals surface area contributed by atoms with Gasteiger partial charge in [0.1, 0.15) is 12.0 Å². The summed E-state index contributed by atoms with van der Waals surface area (Å²) in [5.41, 5.74) is 9.23. The molecule has 1 aromatic carbocycles. The van der Waals surface area contributed by atoms with Crippen LogP contribution in [0.15, 0.2) is 36.7 Å². The summed E-state index contributed by atoms with van der Waals surface area (Å²) in [4.78, 5) is 12.7. The monoisotopic (exact) mass is 295 g/mol. The SMILES string of the molecule is CCOc1ncnc(Nc2cccc3nc(C)ccc23)c1N. The van der Waals surface area contributed by atoms with E-state index in [1.807, 2.05) is 44.2 Å². The Kier molecular flexibility index (Phi) is 3.74. The van der Waals surface area contributed by atoms with Gasteiger partial charge in [0, 0.05) is 16.8 Å². The normalized spacial score (nSPS) is 10.6. The Morgan fingerprint density at radius 3 is 2.86 bits per heavy atom. The lowest BCUT2D eigenvalue weighted by Crippen LogP contribution is -2.05. The highest BCUT2D eigenvalue weighted by molar-refractivity contribution is 5.93. The molecule has 0 atom stereocenters. The maximum atomic E-state index is 6.06. The summed E-state index contributed by atoms with van der Waals surface area (Å²) in [5, 5.41) is 4.24. The number of hydrogen-bond acceptors (Lipinski definition) is 6. The molecule has 3 aromatic rings. The largest absolute Gasteiger partial charge is 0.476 e. The van der Waals surface area contributed by atoms with Crippen molar-refractivity contribution in [1.29, 1.82) is 0 Å². The van der Waals surface area contributed by atoms with Crippen molar-refractivity contribution in [2.24, 2.45) is 0 Å². The van der Waals surface area contributed by atoms with Gasteiger partial charge in [-0.05, 0) is 38.1 Å². The van der Waals surface area contributed by atoms with Gasteiger partial charge in [0.25, 0.3) is 0 Å². The maximum Gasteiger partial charge on any atom is 0.242 e. The van der Waals surface area contributed by atoms with Crippen LogP contribution in [0.1, 0.15) is 12.6 Å². The highest BCUT2D eigenvalue weighted by Crippen LogP contribution is 2.30. The third-order valence-corrected chi connectivity index (χ3v) is 3.25. The number of aryl methyl sites for hydroxylation is 1. The quantitative estimate of drug-likeness (QED) is 0.769. The average molecular weight is 295 g/mol. The summed E-state index contributed by atoms with van der Waals surface area (Å²) in [6.07, 6.45) is 1.43. The zero-order valence-corrected chi connectivity index (χ0v) is 12.5. The minimum absolute atomic E-state index is 0.384. The van der Waals surface area contributed by atoms with Crippen LogP contribution < -0.4 is 15.8 Å². The molecular weight excluding hydrogens is 278 g/mol. The van der Waals surface area contributed by atoms with Crippen molar-refractivity contribution in [2.75, 3.05) is 17.7 Å². The number of rotatable bonds is 4. The summed E-state index contributed by atoms with van der Waals surface area (Å²) in [5.74, 6) is 0.903. The van der Waals surface area contributed by atoms with Gasteiger partial charge < -0.3 is 15.8 Å². The second-order valence-electron chi connectivity index (χ2n) is 4.82. The zero-order chi connectivity index (χ0) is 15.5. The predicted octanol–water partition coefficient (Wildman–Crippen LogP) is 3.06. The van der Waals surface area contributed by atoms with Crippen molar-refractivity contribution in [1.82, 2.24) is 15.0 Å². The molecule has 3 rings (SSSR count). The standard InChI is InChI=1S/C16H17N5O/c1-3-22-16-14(17)15(18-9-19-16)21-13-6-4-5-12-11(13)8-7-10(2)20-12/h4-9H,3,17H2,1-2H3,(H,18,19,21). The lowest BCUT2D eigenvalue weighted by atomic mass is 10.1. The van der Waals surface area contributed by atoms with E-state index in [0.29, 0.717) is 24.0 Å². The molecule has 2 aromatic heterocycles. The van der Waals surface area contributed by atoms with Crippen molar-refractivity contribution in [2.45, 2.75) is 13.8 Å². The minimum Gasteiger partial charge on any atom is -0.476 e. The Morgan fingerprint density at radius 1 is 1.18 bits per heavy atom. The van der Waals surface area contributed by atoms with Crippen LogP contribution in [0.3, 0.4) is 0 Å². The van der Waals surface area contributed by atoms with E-state index < -0.39 is 0 Å². The summed E-state index contributed by atoms with van der Waals surface area (Å²) in [6.45, 7) is 4.35. The fourth-order valence-corrected chi connectivity index (χ4v) is 2.22. The number of benzene rings is 1. The second kappa shape index (κ2) is 5.85. The highest BCUT2D eigenvalue weighted by Gasteiger charge is 2.10. The highest BCUT2D eigenvalue weighted by atomic mass is 16.5. The maximum absolute atomic E-state index is 6.06. The number of ether oxygens (including phenoxy) is 1. The Morgan fingerprint density at radius 2 is 2.05 bits per heavy atom. The van der Waals surface area contributed by atoms with E-state index in [9.17, 15) is 0 Å². The first kappa shape index (κ1) is 14.1. The van der Waals surface area contributed by atoms with Gasteiger partial charge in [0.15, 0.2) is 5.82 Å². The van der Waals surface area contributed by atoms with Crippen molar-refractivity contribution >= 4 is 28.1 Å². The van der Waals surface area contributed by atoms with Crippen LogP contribution in [0.4, 0.5) is 17.2 Å². The molecule has 3 N–H and O–H groups in total. The average Bonchev–Trinajstić information content (AvgIpc) is 2.51. The number of pyridine rings is 1. The molecule has 6 heteroatoms. The van der Waals surface area contributed by atoms with Gasteiger partial charge in [0.05, 0.1) is 12.1 Å². The van der Waals surface area contributed by atoms with Crippen molar-refractivity contribution in [3.63, 3.8) is 0 Å². The molecule has 0 fully saturated rings. The molecule has 0 amide bonds. The van der Waals surface area contributed by atoms with Crippen LogP contribution in [0.2, 0.25) is 0 Å². The number of nitrogens with one attached hydrogen (secondary N) is 1. The van der Waals surface area contributed by atoms with Crippen LogP contribution in [-0.2, 0) is 0 Å². The number of nitrogens with zero attached hydrogens (tertiary/aromatic N) is 3. The summed E-state index contributed by atoms with van der Waals surface area (Å²) in [7, 11) is 0. The number of anilines is 3. The number of nitrogen functional groups attached to an aromatic ring is 1. The van der Waals surface area contributed by atoms with Crippen molar-refractivity contribution < 1.29 is 4.74 Å². The fourth-order valence-electron chi connectivity index (χ4n) is 2.22. The molecule has 0 aliphatic carbocycles. The molecule has 2 heterocycles. The topological polar surface area (TPSA) is 86.0 Å². The lowest BCUT2D eigenvalue weighted by molar-refractivity contribution is 0.328. The molecule has 0 spiro atoms. The van der Waals surface area contributed by atoms with Crippen LogP contribution in [0, 0.1) is 6.92 Å². The van der Waals surface area contributed by atoms with Crippen molar-refractivity contribution in [3.8, 4) is 5.88 Å². The first-order valence-corrected chi connectivity index (χ1v) is 7.05. The van der Waals surface area contributed by atoms with Crippen LogP contribution in [0.5, 0.6) is 5.88 Å². The van der Waals surface area contributed by atoms with Gasteiger partial charge in [-0.2, -0.15) is 4.98 Å². The lowest BCUT2D eigenvalue weighted by Gasteiger charge is -2.12. The van der Waals surface area contributed by atoms with Crippen LogP contribution in [-0.4, -0.2) is 21.6 Å². The number of aromatic nitrogens is 3. The van der Waals surface area contributed by atoms with E-state index in [1.165, 1.54) is 6.33 Å². The van der Waals surface area contributed by atoms with Crippen LogP contribution in [0.25, 0.3) is 10.9 Å². The van der Waals surface area contributed by atoms with E-state index in [2.05, 4.69) is 20.3 Å². The Hall–Kier alpha value is -2.89. The third kappa shape index (κ3) is 2.63. The Bertz CT molecular complexity index is 819. The predicted molar refractivity (Wildman–Crippen MR) is 87.4 cm³/mol. The molecule has 0 saturated carbocycles. The third-order valence-electron chi connectivity index (χ3n) is 3.25. The van der Waals surface area contributed by atoms with E-state index in [0.717, 1.165) is 22.3 Å². The molecule has 112 valence electrons. The zero-order valence-electron chi connectivity index (χ0n) is 12.5. The molecule has 0 bridgehead atoms. The fraction of sp³-hybridized carbons (Fsp3) is 0.188. The van der Waals surface area contributed by atoms with E-state index in [4.69, 9.17) is 10.5 Å². The van der Waals surface area contributed by atoms with Crippen LogP contribution >= 0.6 is 0 Å². The number of nitrogens with two attached hydrogens (primary N) is 1. The number of hydrogen-bond donors (Lipinski definition) is 2. The molecule has 0 unspecified atom stereocenters. The Labute approximate surface area is 128 Å². The van der Waals surface area contributed by atoms with Gasteiger partial charge in [-0.1, -0.05) is 6.07 Å². The first-order chi connectivity index (χ1) is 10.7. The molecule has 22 heavy (non-hydrogen) atoms. The van der Waals surface area contributed by atoms with E-state index in [-0.39, 0.29) is 0 Å². The summed E-state index contributed by atoms with van der Waals surface area (Å²) >= 11 is 0. The van der Waals surface area contributed by atoms with Gasteiger partial charge in [-0.15, -0.1) is 0 Å². The Balaban J connectivity index is 2.02. The molecule has 0 radical (unpaired) electrons. The smallest absolute Gasteiger partial charge is 0.242 e. The van der Waals surface area contributed by atoms with Crippen molar-refractivity contribution in [3.05, 3.63) is 42.4 Å². The van der Waals surface area contributed by atoms with Gasteiger partial charge >= 0.3 is 0 Å². The summed E-state index contributed by atoms with van der Waals surface area (Å²) < 4.78 is 5.39. The second-order valence-corrected chi connectivity index (χ2v) is 4.82. The van der Waals surface area contributed by atoms with Gasteiger partial charge in [-0.25, -0.2) is 4.98 Å². The molecular formula is C16H17N5O. The van der Waals surface area contributed by atoms with Gasteiger partial charge in [0.2, 0.25) is 5.88 Å². The first-order valence-electron chi connectivity index (χ1n) is 7.05. The molecule has 0 aliphatic rings. The molecule has 0 aliphatic heterocycles.